The second kappa shape index (κ2) is 4.73. The van der Waals surface area contributed by atoms with Gasteiger partial charge >= 0.3 is 0 Å². The maximum atomic E-state index is 4.41. The Morgan fingerprint density at radius 1 is 1.29 bits per heavy atom. The minimum atomic E-state index is 0.157. The van der Waals surface area contributed by atoms with Crippen LogP contribution in [0.3, 0.4) is 0 Å². The fourth-order valence-corrected chi connectivity index (χ4v) is 1.93. The summed E-state index contributed by atoms with van der Waals surface area (Å²) >= 11 is 1.46. The molecule has 1 N–H and O–H groups in total. The van der Waals surface area contributed by atoms with Gasteiger partial charge < -0.3 is 5.32 Å². The van der Waals surface area contributed by atoms with Crippen molar-refractivity contribution in [2.24, 2.45) is 0 Å². The molecule has 1 aromatic rings. The molecule has 4 heteroatoms. The van der Waals surface area contributed by atoms with Crippen molar-refractivity contribution in [3.8, 4) is 0 Å². The van der Waals surface area contributed by atoms with E-state index >= 15 is 0 Å². The van der Waals surface area contributed by atoms with Gasteiger partial charge in [0.2, 0.25) is 5.13 Å². The van der Waals surface area contributed by atoms with E-state index in [1.54, 1.807) is 0 Å². The molecular weight excluding hydrogens is 194 g/mol. The zero-order chi connectivity index (χ0) is 10.6. The van der Waals surface area contributed by atoms with Gasteiger partial charge in [-0.1, -0.05) is 20.8 Å². The number of hydrogen-bond donors (Lipinski definition) is 1. The summed E-state index contributed by atoms with van der Waals surface area (Å²) in [7, 11) is 0. The monoisotopic (exact) mass is 213 g/mol. The Balaban J connectivity index is 2.67. The number of aromatic nitrogens is 2. The van der Waals surface area contributed by atoms with Gasteiger partial charge in [-0.3, -0.25) is 0 Å². The van der Waals surface area contributed by atoms with Crippen LogP contribution in [0.2, 0.25) is 0 Å². The molecule has 0 bridgehead atoms. The second-order valence-corrected chi connectivity index (χ2v) is 4.51. The van der Waals surface area contributed by atoms with E-state index in [4.69, 9.17) is 0 Å². The van der Waals surface area contributed by atoms with Crippen molar-refractivity contribution >= 4 is 16.7 Å². The number of anilines is 1. The number of hydrogen-bond acceptors (Lipinski definition) is 4. The molecule has 0 saturated carbocycles. The van der Waals surface area contributed by atoms with Crippen molar-refractivity contribution in [3.05, 3.63) is 5.82 Å². The number of rotatable bonds is 5. The predicted molar refractivity (Wildman–Crippen MR) is 61.9 cm³/mol. The highest BCUT2D eigenvalue weighted by Gasteiger charge is 2.20. The van der Waals surface area contributed by atoms with E-state index in [-0.39, 0.29) is 5.54 Å². The Hall–Kier alpha value is -0.640. The van der Waals surface area contributed by atoms with E-state index < -0.39 is 0 Å². The molecule has 0 amide bonds. The van der Waals surface area contributed by atoms with Crippen molar-refractivity contribution < 1.29 is 0 Å². The van der Waals surface area contributed by atoms with Crippen LogP contribution in [0, 0.1) is 0 Å². The molecule has 1 aromatic heterocycles. The lowest BCUT2D eigenvalue weighted by atomic mass is 9.96. The lowest BCUT2D eigenvalue weighted by Crippen LogP contribution is -2.32. The molecule has 0 spiro atoms. The summed E-state index contributed by atoms with van der Waals surface area (Å²) < 4.78 is 4.26. The maximum absolute atomic E-state index is 4.41. The third-order valence-corrected chi connectivity index (χ3v) is 3.42. The van der Waals surface area contributed by atoms with Crippen molar-refractivity contribution in [3.63, 3.8) is 0 Å². The molecule has 0 aliphatic heterocycles. The van der Waals surface area contributed by atoms with Crippen molar-refractivity contribution in [2.75, 3.05) is 5.32 Å². The van der Waals surface area contributed by atoms with Crippen molar-refractivity contribution in [1.82, 2.24) is 9.36 Å². The van der Waals surface area contributed by atoms with Crippen LogP contribution in [0.4, 0.5) is 5.13 Å². The van der Waals surface area contributed by atoms with Crippen molar-refractivity contribution in [1.29, 1.82) is 0 Å². The topological polar surface area (TPSA) is 37.8 Å². The van der Waals surface area contributed by atoms with Crippen LogP contribution in [0.1, 0.15) is 46.4 Å². The van der Waals surface area contributed by atoms with Gasteiger partial charge in [0, 0.05) is 23.5 Å². The van der Waals surface area contributed by atoms with Crippen LogP contribution in [-0.4, -0.2) is 14.9 Å². The first-order valence-corrected chi connectivity index (χ1v) is 6.01. The molecule has 0 atom stereocenters. The smallest absolute Gasteiger partial charge is 0.202 e. The number of nitrogens with zero attached hydrogens (tertiary/aromatic N) is 2. The van der Waals surface area contributed by atoms with Crippen LogP contribution in [-0.2, 0) is 6.42 Å². The summed E-state index contributed by atoms with van der Waals surface area (Å²) in [5.74, 6) is 0.937. The number of aryl methyl sites for hydroxylation is 1. The van der Waals surface area contributed by atoms with Gasteiger partial charge in [-0.25, -0.2) is 4.98 Å². The zero-order valence-corrected chi connectivity index (χ0v) is 10.2. The van der Waals surface area contributed by atoms with Crippen molar-refractivity contribution in [2.45, 2.75) is 52.5 Å². The fraction of sp³-hybridized carbons (Fsp3) is 0.800. The van der Waals surface area contributed by atoms with Crippen LogP contribution in [0.15, 0.2) is 0 Å². The van der Waals surface area contributed by atoms with E-state index in [1.807, 2.05) is 0 Å². The molecule has 1 heterocycles. The van der Waals surface area contributed by atoms with Crippen LogP contribution < -0.4 is 5.32 Å². The lowest BCUT2D eigenvalue weighted by molar-refractivity contribution is 0.478. The van der Waals surface area contributed by atoms with E-state index in [9.17, 15) is 0 Å². The van der Waals surface area contributed by atoms with Gasteiger partial charge in [0.25, 0.3) is 0 Å². The zero-order valence-electron chi connectivity index (χ0n) is 9.42. The highest BCUT2D eigenvalue weighted by molar-refractivity contribution is 7.09. The fourth-order valence-electron chi connectivity index (χ4n) is 1.13. The molecule has 0 aliphatic rings. The maximum Gasteiger partial charge on any atom is 0.202 e. The second-order valence-electron chi connectivity index (χ2n) is 3.76. The van der Waals surface area contributed by atoms with Gasteiger partial charge in [0.15, 0.2) is 0 Å². The van der Waals surface area contributed by atoms with E-state index in [0.717, 1.165) is 30.2 Å². The Morgan fingerprint density at radius 2 is 1.93 bits per heavy atom. The van der Waals surface area contributed by atoms with Crippen LogP contribution >= 0.6 is 11.5 Å². The molecule has 0 aromatic carbocycles. The van der Waals surface area contributed by atoms with Gasteiger partial charge in [0.05, 0.1) is 0 Å². The third-order valence-electron chi connectivity index (χ3n) is 2.75. The Bertz CT molecular complexity index is 279. The first-order valence-electron chi connectivity index (χ1n) is 5.24. The number of nitrogens with one attached hydrogen (secondary N) is 1. The summed E-state index contributed by atoms with van der Waals surface area (Å²) in [6.45, 7) is 8.68. The summed E-state index contributed by atoms with van der Waals surface area (Å²) in [4.78, 5) is 4.41. The van der Waals surface area contributed by atoms with Crippen LogP contribution in [0.5, 0.6) is 0 Å². The average Bonchev–Trinajstić information content (AvgIpc) is 2.65. The first-order chi connectivity index (χ1) is 6.63. The minimum Gasteiger partial charge on any atom is -0.355 e. The predicted octanol–water partition coefficient (Wildman–Crippen LogP) is 3.09. The minimum absolute atomic E-state index is 0.157. The summed E-state index contributed by atoms with van der Waals surface area (Å²) in [5, 5.41) is 4.41. The Labute approximate surface area is 90.1 Å². The normalized spacial score (nSPS) is 11.7. The molecule has 80 valence electrons. The molecule has 0 radical (unpaired) electrons. The third kappa shape index (κ3) is 2.67. The van der Waals surface area contributed by atoms with Crippen LogP contribution in [0.25, 0.3) is 0 Å². The van der Waals surface area contributed by atoms with Gasteiger partial charge in [0.1, 0.15) is 5.82 Å². The lowest BCUT2D eigenvalue weighted by Gasteiger charge is -2.27. The summed E-state index contributed by atoms with van der Waals surface area (Å²) in [6.07, 6.45) is 3.11. The van der Waals surface area contributed by atoms with E-state index in [2.05, 4.69) is 42.4 Å². The average molecular weight is 213 g/mol. The van der Waals surface area contributed by atoms with Gasteiger partial charge in [-0.2, -0.15) is 4.37 Å². The SMILES string of the molecule is CCc1nsc(NC(C)(CC)CC)n1. The quantitative estimate of drug-likeness (QED) is 0.816. The standard InChI is InChI=1S/C10H19N3S/c1-5-8-11-9(14-13-8)12-10(4,6-2)7-3/h5-7H2,1-4H3,(H,11,12,13). The molecule has 0 aliphatic carbocycles. The molecule has 0 unspecified atom stereocenters. The molecule has 0 saturated heterocycles. The summed E-state index contributed by atoms with van der Waals surface area (Å²) in [6, 6.07) is 0. The Morgan fingerprint density at radius 3 is 2.36 bits per heavy atom. The highest BCUT2D eigenvalue weighted by Crippen LogP contribution is 2.22. The molecular formula is C10H19N3S. The van der Waals surface area contributed by atoms with Gasteiger partial charge in [-0.15, -0.1) is 0 Å². The van der Waals surface area contributed by atoms with E-state index in [0.29, 0.717) is 0 Å². The molecule has 1 rings (SSSR count). The highest BCUT2D eigenvalue weighted by atomic mass is 32.1. The summed E-state index contributed by atoms with van der Waals surface area (Å²) in [5.41, 5.74) is 0.157. The van der Waals surface area contributed by atoms with Gasteiger partial charge in [-0.05, 0) is 19.8 Å². The Kier molecular flexibility index (Phi) is 3.86. The molecule has 14 heavy (non-hydrogen) atoms. The molecule has 3 nitrogen and oxygen atoms in total. The largest absolute Gasteiger partial charge is 0.355 e. The van der Waals surface area contributed by atoms with E-state index in [1.165, 1.54) is 11.5 Å². The first kappa shape index (κ1) is 11.4. The molecule has 0 fully saturated rings.